The average molecular weight is 166 g/mol. The smallest absolute Gasteiger partial charge is 0.139 e. The molecule has 1 rings (SSSR count). The summed E-state index contributed by atoms with van der Waals surface area (Å²) in [5.41, 5.74) is -0.0341. The highest BCUT2D eigenvalue weighted by Gasteiger charge is 2.39. The highest BCUT2D eigenvalue weighted by Crippen LogP contribution is 2.41. The van der Waals surface area contributed by atoms with Gasteiger partial charge in [-0.15, -0.1) is 6.58 Å². The largest absolute Gasteiger partial charge is 0.299 e. The van der Waals surface area contributed by atoms with E-state index in [2.05, 4.69) is 20.4 Å². The van der Waals surface area contributed by atoms with Crippen molar-refractivity contribution < 1.29 is 4.79 Å². The Morgan fingerprint density at radius 1 is 1.75 bits per heavy atom. The molecule has 0 radical (unpaired) electrons. The second-order valence-electron chi connectivity index (χ2n) is 4.32. The Morgan fingerprint density at radius 3 is 2.83 bits per heavy atom. The van der Waals surface area contributed by atoms with Crippen LogP contribution >= 0.6 is 0 Å². The molecule has 1 heteroatoms. The molecule has 1 saturated carbocycles. The van der Waals surface area contributed by atoms with E-state index in [1.54, 1.807) is 0 Å². The fourth-order valence-corrected chi connectivity index (χ4v) is 2.18. The van der Waals surface area contributed by atoms with Gasteiger partial charge in [-0.05, 0) is 25.2 Å². The lowest BCUT2D eigenvalue weighted by Gasteiger charge is -2.20. The quantitative estimate of drug-likeness (QED) is 0.589. The highest BCUT2D eigenvalue weighted by molar-refractivity contribution is 5.86. The number of hydrogen-bond donors (Lipinski definition) is 0. The average Bonchev–Trinajstić information content (AvgIpc) is 2.23. The van der Waals surface area contributed by atoms with Gasteiger partial charge in [0.15, 0.2) is 0 Å². The molecule has 0 N–H and O–H groups in total. The maximum Gasteiger partial charge on any atom is 0.139 e. The number of allylic oxidation sites excluding steroid dienone is 1. The molecule has 2 atom stereocenters. The molecule has 1 aliphatic rings. The van der Waals surface area contributed by atoms with Gasteiger partial charge in [-0.25, -0.2) is 0 Å². The van der Waals surface area contributed by atoms with Crippen LogP contribution in [-0.4, -0.2) is 5.78 Å². The van der Waals surface area contributed by atoms with Gasteiger partial charge in [-0.2, -0.15) is 0 Å². The van der Waals surface area contributed by atoms with Crippen molar-refractivity contribution in [2.75, 3.05) is 0 Å². The minimum absolute atomic E-state index is 0.0341. The van der Waals surface area contributed by atoms with Crippen LogP contribution in [0, 0.1) is 11.3 Å². The van der Waals surface area contributed by atoms with Gasteiger partial charge in [0.25, 0.3) is 0 Å². The van der Waals surface area contributed by atoms with Crippen molar-refractivity contribution in [1.29, 1.82) is 0 Å². The lowest BCUT2D eigenvalue weighted by atomic mass is 9.82. The first-order valence-corrected chi connectivity index (χ1v) is 4.73. The van der Waals surface area contributed by atoms with E-state index in [1.807, 2.05) is 6.08 Å². The number of carbonyl (C=O) groups is 1. The summed E-state index contributed by atoms with van der Waals surface area (Å²) in [6, 6.07) is 0. The molecule has 0 spiro atoms. The molecule has 0 aromatic heterocycles. The summed E-state index contributed by atoms with van der Waals surface area (Å²) in [6.45, 7) is 7.95. The Balaban J connectivity index is 2.57. The lowest BCUT2D eigenvalue weighted by molar-refractivity contribution is -0.125. The van der Waals surface area contributed by atoms with Crippen molar-refractivity contribution in [3.8, 4) is 0 Å². The van der Waals surface area contributed by atoms with E-state index in [0.717, 1.165) is 25.7 Å². The zero-order valence-electron chi connectivity index (χ0n) is 8.10. The topological polar surface area (TPSA) is 17.1 Å². The van der Waals surface area contributed by atoms with Crippen LogP contribution in [-0.2, 0) is 4.79 Å². The molecule has 0 aliphatic heterocycles. The van der Waals surface area contributed by atoms with E-state index in [9.17, 15) is 4.79 Å². The third-order valence-corrected chi connectivity index (χ3v) is 2.91. The molecule has 0 aromatic rings. The van der Waals surface area contributed by atoms with Crippen molar-refractivity contribution in [1.82, 2.24) is 0 Å². The summed E-state index contributed by atoms with van der Waals surface area (Å²) in [5.74, 6) is 1.05. The molecule has 0 saturated heterocycles. The number of hydrogen-bond acceptors (Lipinski definition) is 1. The van der Waals surface area contributed by atoms with Crippen LogP contribution in [0.4, 0.5) is 0 Å². The van der Waals surface area contributed by atoms with Crippen molar-refractivity contribution in [3.63, 3.8) is 0 Å². The molecule has 0 heterocycles. The third-order valence-electron chi connectivity index (χ3n) is 2.91. The number of rotatable bonds is 3. The first kappa shape index (κ1) is 9.50. The normalized spacial score (nSPS) is 35.5. The summed E-state index contributed by atoms with van der Waals surface area (Å²) in [6.07, 6.45) is 5.71. The van der Waals surface area contributed by atoms with E-state index in [-0.39, 0.29) is 5.41 Å². The summed E-state index contributed by atoms with van der Waals surface area (Å²) < 4.78 is 0. The van der Waals surface area contributed by atoms with Crippen molar-refractivity contribution >= 4 is 5.78 Å². The molecular weight excluding hydrogens is 148 g/mol. The predicted molar refractivity (Wildman–Crippen MR) is 50.9 cm³/mol. The molecule has 0 unspecified atom stereocenters. The van der Waals surface area contributed by atoms with E-state index in [1.165, 1.54) is 0 Å². The van der Waals surface area contributed by atoms with Gasteiger partial charge < -0.3 is 0 Å². The second-order valence-corrected chi connectivity index (χ2v) is 4.32. The Kier molecular flexibility index (Phi) is 2.71. The Hall–Kier alpha value is -0.590. The van der Waals surface area contributed by atoms with Crippen LogP contribution in [0.5, 0.6) is 0 Å². The minimum Gasteiger partial charge on any atom is -0.299 e. The fraction of sp³-hybridized carbons (Fsp3) is 0.727. The number of carbonyl (C=O) groups excluding carboxylic acids is 1. The first-order valence-electron chi connectivity index (χ1n) is 4.73. The third kappa shape index (κ3) is 1.77. The molecule has 68 valence electrons. The van der Waals surface area contributed by atoms with Crippen LogP contribution in [0.25, 0.3) is 0 Å². The number of ketones is 1. The SMILES string of the molecule is C=CCC[C@@]1(C)C[C@H](C)CC1=O. The van der Waals surface area contributed by atoms with Crippen LogP contribution < -0.4 is 0 Å². The highest BCUT2D eigenvalue weighted by atomic mass is 16.1. The monoisotopic (exact) mass is 166 g/mol. The maximum atomic E-state index is 11.6. The van der Waals surface area contributed by atoms with Crippen LogP contribution in [0.3, 0.4) is 0 Å². The minimum atomic E-state index is -0.0341. The molecule has 1 fully saturated rings. The molecule has 12 heavy (non-hydrogen) atoms. The summed E-state index contributed by atoms with van der Waals surface area (Å²) >= 11 is 0. The van der Waals surface area contributed by atoms with Crippen LogP contribution in [0.15, 0.2) is 12.7 Å². The van der Waals surface area contributed by atoms with Crippen LogP contribution in [0.2, 0.25) is 0 Å². The number of Topliss-reactive ketones (excluding diaryl/α,β-unsaturated/α-hetero) is 1. The lowest BCUT2D eigenvalue weighted by Crippen LogP contribution is -2.20. The Labute approximate surface area is 74.9 Å². The molecule has 0 aromatic carbocycles. The van der Waals surface area contributed by atoms with Crippen molar-refractivity contribution in [2.45, 2.75) is 39.5 Å². The van der Waals surface area contributed by atoms with Crippen molar-refractivity contribution in [2.24, 2.45) is 11.3 Å². The van der Waals surface area contributed by atoms with Crippen molar-refractivity contribution in [3.05, 3.63) is 12.7 Å². The second kappa shape index (κ2) is 3.42. The van der Waals surface area contributed by atoms with E-state index in [4.69, 9.17) is 0 Å². The van der Waals surface area contributed by atoms with Gasteiger partial charge >= 0.3 is 0 Å². The van der Waals surface area contributed by atoms with Gasteiger partial charge in [-0.1, -0.05) is 19.9 Å². The Bertz CT molecular complexity index is 195. The predicted octanol–water partition coefficient (Wildman–Crippen LogP) is 2.96. The van der Waals surface area contributed by atoms with E-state index >= 15 is 0 Å². The summed E-state index contributed by atoms with van der Waals surface area (Å²) in [4.78, 5) is 11.6. The Morgan fingerprint density at radius 2 is 2.42 bits per heavy atom. The standard InChI is InChI=1S/C11H18O/c1-4-5-6-11(3)8-9(2)7-10(11)12/h4,9H,1,5-8H2,2-3H3/t9-,11+/m1/s1. The maximum absolute atomic E-state index is 11.6. The zero-order valence-corrected chi connectivity index (χ0v) is 8.10. The first-order chi connectivity index (χ1) is 5.58. The summed E-state index contributed by atoms with van der Waals surface area (Å²) in [7, 11) is 0. The summed E-state index contributed by atoms with van der Waals surface area (Å²) in [5, 5.41) is 0. The fourth-order valence-electron chi connectivity index (χ4n) is 2.18. The van der Waals surface area contributed by atoms with Gasteiger partial charge in [0.1, 0.15) is 5.78 Å². The van der Waals surface area contributed by atoms with Gasteiger partial charge in [0.05, 0.1) is 0 Å². The molecule has 0 bridgehead atoms. The van der Waals surface area contributed by atoms with E-state index in [0.29, 0.717) is 11.7 Å². The zero-order chi connectivity index (χ0) is 9.19. The van der Waals surface area contributed by atoms with E-state index < -0.39 is 0 Å². The molecule has 1 nitrogen and oxygen atoms in total. The molecule has 1 aliphatic carbocycles. The van der Waals surface area contributed by atoms with Crippen LogP contribution in [0.1, 0.15) is 39.5 Å². The molecule has 0 amide bonds. The van der Waals surface area contributed by atoms with Gasteiger partial charge in [-0.3, -0.25) is 4.79 Å². The van der Waals surface area contributed by atoms with Gasteiger partial charge in [0.2, 0.25) is 0 Å². The van der Waals surface area contributed by atoms with Gasteiger partial charge in [0, 0.05) is 11.8 Å². The molecular formula is C11H18O.